The van der Waals surface area contributed by atoms with E-state index in [4.69, 9.17) is 10.1 Å². The largest absolute Gasteiger partial charge is 0.369 e. The molecule has 0 bridgehead atoms. The molecule has 6 nitrogen and oxygen atoms in total. The first-order chi connectivity index (χ1) is 8.29. The zero-order valence-corrected chi connectivity index (χ0v) is 9.09. The molecule has 3 heterocycles. The predicted octanol–water partition coefficient (Wildman–Crippen LogP) is 0.373. The molecule has 2 N–H and O–H groups in total. The Balaban J connectivity index is 2.06. The molecule has 0 spiro atoms. The fourth-order valence-electron chi connectivity index (χ4n) is 2.21. The number of ether oxygens (including phenoxy) is 1. The minimum Gasteiger partial charge on any atom is -0.369 e. The number of aldehydes is 1. The minimum atomic E-state index is -0.322. The second-order valence-electron chi connectivity index (χ2n) is 4.14. The number of rotatable bonds is 2. The number of carbonyl (C=O) groups is 1. The molecule has 0 aliphatic carbocycles. The smallest absolute Gasteiger partial charge is 0.160 e. The molecule has 88 valence electrons. The third-order valence-electron chi connectivity index (χ3n) is 3.09. The highest BCUT2D eigenvalue weighted by atomic mass is 16.5. The molecule has 0 saturated carbocycles. The second-order valence-corrected chi connectivity index (χ2v) is 4.14. The minimum absolute atomic E-state index is 0.108. The molecule has 1 saturated heterocycles. The Kier molecular flexibility index (Phi) is 2.29. The Labute approximate surface area is 96.8 Å². The van der Waals surface area contributed by atoms with Crippen molar-refractivity contribution < 1.29 is 9.53 Å². The Hall–Kier alpha value is -1.95. The quantitative estimate of drug-likeness (QED) is 0.734. The van der Waals surface area contributed by atoms with Crippen molar-refractivity contribution in [2.45, 2.75) is 18.6 Å². The number of hydrogen-bond donors (Lipinski definition) is 2. The van der Waals surface area contributed by atoms with Crippen LogP contribution in [0, 0.1) is 5.41 Å². The first kappa shape index (κ1) is 10.2. The molecule has 0 unspecified atom stereocenters. The van der Waals surface area contributed by atoms with E-state index in [0.29, 0.717) is 23.9 Å². The van der Waals surface area contributed by atoms with Gasteiger partial charge in [0.2, 0.25) is 0 Å². The van der Waals surface area contributed by atoms with Crippen LogP contribution in [0.15, 0.2) is 18.6 Å². The first-order valence-electron chi connectivity index (χ1n) is 5.45. The number of nitrogens with one attached hydrogen (secondary N) is 2. The molecule has 1 aliphatic heterocycles. The number of aromatic nitrogens is 3. The molecule has 0 aromatic carbocycles. The van der Waals surface area contributed by atoms with E-state index in [0.717, 1.165) is 11.9 Å². The monoisotopic (exact) mass is 232 g/mol. The maximum absolute atomic E-state index is 10.7. The van der Waals surface area contributed by atoms with Crippen molar-refractivity contribution >= 4 is 17.5 Å². The molecule has 1 aliphatic rings. The van der Waals surface area contributed by atoms with E-state index in [1.807, 2.05) is 10.8 Å². The summed E-state index contributed by atoms with van der Waals surface area (Å²) in [7, 11) is 0. The van der Waals surface area contributed by atoms with E-state index in [1.165, 1.54) is 0 Å². The van der Waals surface area contributed by atoms with Crippen LogP contribution >= 0.6 is 0 Å². The number of carbonyl (C=O) groups excluding carboxylic acids is 1. The number of imidazole rings is 1. The lowest BCUT2D eigenvalue weighted by molar-refractivity contribution is -0.115. The van der Waals surface area contributed by atoms with Gasteiger partial charge in [0.15, 0.2) is 5.65 Å². The van der Waals surface area contributed by atoms with Crippen LogP contribution in [0.4, 0.5) is 0 Å². The average Bonchev–Trinajstić information content (AvgIpc) is 2.98. The average molecular weight is 232 g/mol. The predicted molar refractivity (Wildman–Crippen MR) is 59.4 cm³/mol. The van der Waals surface area contributed by atoms with Crippen LogP contribution in [0.25, 0.3) is 11.2 Å². The molecule has 0 amide bonds. The lowest BCUT2D eigenvalue weighted by atomic mass is 10.2. The van der Waals surface area contributed by atoms with Gasteiger partial charge in [-0.15, -0.1) is 0 Å². The van der Waals surface area contributed by atoms with Crippen molar-refractivity contribution in [1.82, 2.24) is 14.5 Å². The van der Waals surface area contributed by atoms with E-state index in [2.05, 4.69) is 9.97 Å². The summed E-state index contributed by atoms with van der Waals surface area (Å²) in [6.45, 7) is 0.507. The first-order valence-corrected chi connectivity index (χ1v) is 5.45. The normalized spacial score (nSPS) is 24.2. The van der Waals surface area contributed by atoms with E-state index >= 15 is 0 Å². The van der Waals surface area contributed by atoms with Crippen LogP contribution < -0.4 is 5.36 Å². The molecule has 0 radical (unpaired) electrons. The molecule has 2 aromatic heterocycles. The summed E-state index contributed by atoms with van der Waals surface area (Å²) in [5.41, 5.74) is 1.44. The van der Waals surface area contributed by atoms with Gasteiger partial charge in [0.05, 0.1) is 24.3 Å². The lowest BCUT2D eigenvalue weighted by Gasteiger charge is -2.13. The lowest BCUT2D eigenvalue weighted by Crippen LogP contribution is -2.14. The Morgan fingerprint density at radius 2 is 2.53 bits per heavy atom. The van der Waals surface area contributed by atoms with Gasteiger partial charge in [-0.2, -0.15) is 0 Å². The zero-order valence-electron chi connectivity index (χ0n) is 9.09. The van der Waals surface area contributed by atoms with Crippen molar-refractivity contribution in [1.29, 1.82) is 5.41 Å². The summed E-state index contributed by atoms with van der Waals surface area (Å²) in [6, 6.07) is 1.82. The van der Waals surface area contributed by atoms with Crippen LogP contribution in [0.2, 0.25) is 0 Å². The number of pyridine rings is 1. The van der Waals surface area contributed by atoms with Gasteiger partial charge in [-0.05, 0) is 6.07 Å². The summed E-state index contributed by atoms with van der Waals surface area (Å²) in [5, 5.41) is 8.17. The highest BCUT2D eigenvalue weighted by molar-refractivity contribution is 5.69. The van der Waals surface area contributed by atoms with Crippen molar-refractivity contribution in [2.75, 3.05) is 6.61 Å². The molecule has 3 rings (SSSR count). The van der Waals surface area contributed by atoms with E-state index < -0.39 is 0 Å². The SMILES string of the molecule is N=c1ccn([C@H]2CO[C@@H](C=O)C2)c2nc[nH]c12. The standard InChI is InChI=1S/C11H12N4O2/c12-9-1-2-15(11-10(9)13-6-14-11)7-3-8(4-16)17-5-7/h1-2,4,6-8,12H,3,5H2,(H,13,14)/t7-,8-/m1/s1. The molecular weight excluding hydrogens is 220 g/mol. The van der Waals surface area contributed by atoms with Crippen molar-refractivity contribution in [3.63, 3.8) is 0 Å². The van der Waals surface area contributed by atoms with Crippen molar-refractivity contribution in [2.24, 2.45) is 0 Å². The maximum atomic E-state index is 10.7. The number of aromatic amines is 1. The fraction of sp³-hybridized carbons (Fsp3) is 0.364. The Morgan fingerprint density at radius 1 is 1.65 bits per heavy atom. The number of hydrogen-bond acceptors (Lipinski definition) is 4. The van der Waals surface area contributed by atoms with Gasteiger partial charge < -0.3 is 19.1 Å². The number of fused-ring (bicyclic) bond motifs is 1. The van der Waals surface area contributed by atoms with Gasteiger partial charge in [-0.25, -0.2) is 4.98 Å². The maximum Gasteiger partial charge on any atom is 0.160 e. The van der Waals surface area contributed by atoms with Crippen LogP contribution in [0.5, 0.6) is 0 Å². The van der Waals surface area contributed by atoms with Crippen molar-refractivity contribution in [3.05, 3.63) is 23.9 Å². The third kappa shape index (κ3) is 1.57. The van der Waals surface area contributed by atoms with Gasteiger partial charge in [0.1, 0.15) is 17.9 Å². The summed E-state index contributed by atoms with van der Waals surface area (Å²) < 4.78 is 7.32. The molecule has 6 heteroatoms. The summed E-state index contributed by atoms with van der Waals surface area (Å²) in [6.07, 6.45) is 4.57. The number of nitrogens with zero attached hydrogens (tertiary/aromatic N) is 2. The van der Waals surface area contributed by atoms with Gasteiger partial charge in [0.25, 0.3) is 0 Å². The molecule has 2 aromatic rings. The van der Waals surface area contributed by atoms with E-state index in [-0.39, 0.29) is 12.1 Å². The van der Waals surface area contributed by atoms with Crippen LogP contribution in [0.1, 0.15) is 12.5 Å². The molecular formula is C11H12N4O2. The topological polar surface area (TPSA) is 83.8 Å². The van der Waals surface area contributed by atoms with Gasteiger partial charge in [0, 0.05) is 12.6 Å². The highest BCUT2D eigenvalue weighted by Crippen LogP contribution is 2.25. The zero-order chi connectivity index (χ0) is 11.8. The number of H-pyrrole nitrogens is 1. The molecule has 1 fully saturated rings. The summed E-state index contributed by atoms with van der Waals surface area (Å²) in [5.74, 6) is 0. The van der Waals surface area contributed by atoms with E-state index in [1.54, 1.807) is 12.4 Å². The van der Waals surface area contributed by atoms with Crippen LogP contribution in [-0.2, 0) is 9.53 Å². The Morgan fingerprint density at radius 3 is 3.29 bits per heavy atom. The van der Waals surface area contributed by atoms with Gasteiger partial charge >= 0.3 is 0 Å². The van der Waals surface area contributed by atoms with Crippen LogP contribution in [-0.4, -0.2) is 33.5 Å². The van der Waals surface area contributed by atoms with Gasteiger partial charge in [-0.1, -0.05) is 0 Å². The second kappa shape index (κ2) is 3.81. The Bertz CT molecular complexity index is 615. The summed E-state index contributed by atoms with van der Waals surface area (Å²) >= 11 is 0. The summed E-state index contributed by atoms with van der Waals surface area (Å²) in [4.78, 5) is 17.8. The van der Waals surface area contributed by atoms with Gasteiger partial charge in [-0.3, -0.25) is 5.41 Å². The fourth-order valence-corrected chi connectivity index (χ4v) is 2.21. The third-order valence-corrected chi connectivity index (χ3v) is 3.09. The van der Waals surface area contributed by atoms with Crippen LogP contribution in [0.3, 0.4) is 0 Å². The highest BCUT2D eigenvalue weighted by Gasteiger charge is 2.27. The molecule has 2 atom stereocenters. The van der Waals surface area contributed by atoms with Crippen molar-refractivity contribution in [3.8, 4) is 0 Å². The van der Waals surface area contributed by atoms with E-state index in [9.17, 15) is 4.79 Å². The molecule has 17 heavy (non-hydrogen) atoms.